The lowest BCUT2D eigenvalue weighted by molar-refractivity contribution is 0.102. The molecule has 3 aromatic heterocycles. The van der Waals surface area contributed by atoms with E-state index in [1.54, 1.807) is 12.1 Å². The number of fused-ring (bicyclic) bond motifs is 1. The van der Waals surface area contributed by atoms with Crippen LogP contribution in [0.5, 0.6) is 0 Å². The maximum absolute atomic E-state index is 13.4. The number of nitrogens with one attached hydrogen (secondary N) is 1. The van der Waals surface area contributed by atoms with Crippen LogP contribution < -0.4 is 10.2 Å². The molecule has 8 nitrogen and oxygen atoms in total. The van der Waals surface area contributed by atoms with Crippen LogP contribution >= 0.6 is 0 Å². The van der Waals surface area contributed by atoms with Gasteiger partial charge in [0.2, 0.25) is 0 Å². The number of anilines is 2. The van der Waals surface area contributed by atoms with E-state index >= 15 is 0 Å². The molecule has 0 bridgehead atoms. The highest BCUT2D eigenvalue weighted by Gasteiger charge is 2.24. The first kappa shape index (κ1) is 14.5. The Bertz CT molecular complexity index is 882. The molecule has 0 aliphatic carbocycles. The first-order valence-corrected chi connectivity index (χ1v) is 7.51. The van der Waals surface area contributed by atoms with Gasteiger partial charge < -0.3 is 10.2 Å². The standard InChI is InChI=1S/C15H14FN7O/c16-10-3-4-22(8-10)14-2-1-13-19-7-12(23(13)21-14)15(24)20-11-5-17-9-18-6-11/h1-2,5-7,9-10H,3-4,8H2,(H,20,24)/t10-/m0/s1. The van der Waals surface area contributed by atoms with Gasteiger partial charge in [0.05, 0.1) is 30.8 Å². The number of nitrogens with zero attached hydrogens (tertiary/aromatic N) is 6. The Morgan fingerprint density at radius 3 is 2.83 bits per heavy atom. The number of rotatable bonds is 3. The van der Waals surface area contributed by atoms with Crippen LogP contribution in [0.2, 0.25) is 0 Å². The maximum Gasteiger partial charge on any atom is 0.276 e. The van der Waals surface area contributed by atoms with Crippen LogP contribution in [0.3, 0.4) is 0 Å². The highest BCUT2D eigenvalue weighted by molar-refractivity contribution is 6.03. The van der Waals surface area contributed by atoms with Gasteiger partial charge in [-0.15, -0.1) is 5.10 Å². The summed E-state index contributed by atoms with van der Waals surface area (Å²) in [4.78, 5) is 26.2. The van der Waals surface area contributed by atoms with E-state index in [9.17, 15) is 9.18 Å². The van der Waals surface area contributed by atoms with Crippen molar-refractivity contribution in [3.8, 4) is 0 Å². The van der Waals surface area contributed by atoms with E-state index in [-0.39, 0.29) is 11.6 Å². The number of hydrogen-bond acceptors (Lipinski definition) is 6. The van der Waals surface area contributed by atoms with Crippen molar-refractivity contribution < 1.29 is 9.18 Å². The molecule has 1 atom stereocenters. The van der Waals surface area contributed by atoms with Gasteiger partial charge in [-0.2, -0.15) is 0 Å². The third-order valence-electron chi connectivity index (χ3n) is 3.85. The monoisotopic (exact) mass is 327 g/mol. The maximum atomic E-state index is 13.4. The second kappa shape index (κ2) is 5.84. The van der Waals surface area contributed by atoms with Gasteiger partial charge in [-0.05, 0) is 18.6 Å². The van der Waals surface area contributed by atoms with Gasteiger partial charge in [-0.25, -0.2) is 23.9 Å². The highest BCUT2D eigenvalue weighted by Crippen LogP contribution is 2.20. The number of carbonyl (C=O) groups is 1. The van der Waals surface area contributed by atoms with E-state index in [2.05, 4.69) is 25.4 Å². The summed E-state index contributed by atoms with van der Waals surface area (Å²) < 4.78 is 14.9. The Hall–Kier alpha value is -3.10. The summed E-state index contributed by atoms with van der Waals surface area (Å²) in [6, 6.07) is 3.55. The molecule has 1 amide bonds. The Morgan fingerprint density at radius 1 is 1.25 bits per heavy atom. The molecule has 1 aliphatic rings. The molecule has 4 heterocycles. The summed E-state index contributed by atoms with van der Waals surface area (Å²) in [5.74, 6) is 0.254. The first-order valence-electron chi connectivity index (χ1n) is 7.51. The number of amides is 1. The smallest absolute Gasteiger partial charge is 0.276 e. The third-order valence-corrected chi connectivity index (χ3v) is 3.85. The van der Waals surface area contributed by atoms with E-state index in [4.69, 9.17) is 0 Å². The lowest BCUT2D eigenvalue weighted by Crippen LogP contribution is -2.23. The minimum absolute atomic E-state index is 0.284. The van der Waals surface area contributed by atoms with Crippen molar-refractivity contribution in [1.29, 1.82) is 0 Å². The molecule has 1 N–H and O–H groups in total. The van der Waals surface area contributed by atoms with Gasteiger partial charge in [-0.1, -0.05) is 0 Å². The lowest BCUT2D eigenvalue weighted by Gasteiger charge is -2.16. The zero-order valence-corrected chi connectivity index (χ0v) is 12.6. The molecule has 0 unspecified atom stereocenters. The van der Waals surface area contributed by atoms with Gasteiger partial charge in [0, 0.05) is 6.54 Å². The first-order chi connectivity index (χ1) is 11.7. The molecule has 0 aromatic carbocycles. The Morgan fingerprint density at radius 2 is 2.08 bits per heavy atom. The molecule has 0 spiro atoms. The van der Waals surface area contributed by atoms with Crippen molar-refractivity contribution in [2.75, 3.05) is 23.3 Å². The Balaban J connectivity index is 1.64. The van der Waals surface area contributed by atoms with Crippen LogP contribution in [-0.4, -0.2) is 49.7 Å². The average Bonchev–Trinajstić information content (AvgIpc) is 3.21. The lowest BCUT2D eigenvalue weighted by atomic mass is 10.3. The molecule has 24 heavy (non-hydrogen) atoms. The van der Waals surface area contributed by atoms with Crippen molar-refractivity contribution >= 4 is 23.1 Å². The topological polar surface area (TPSA) is 88.3 Å². The van der Waals surface area contributed by atoms with E-state index in [0.29, 0.717) is 36.7 Å². The molecule has 9 heteroatoms. The third kappa shape index (κ3) is 2.64. The van der Waals surface area contributed by atoms with Gasteiger partial charge in [-0.3, -0.25) is 4.79 Å². The van der Waals surface area contributed by atoms with E-state index in [1.165, 1.54) is 29.4 Å². The Labute approximate surface area is 136 Å². The molecule has 0 radical (unpaired) electrons. The van der Waals surface area contributed by atoms with Gasteiger partial charge in [0.25, 0.3) is 5.91 Å². The highest BCUT2D eigenvalue weighted by atomic mass is 19.1. The minimum atomic E-state index is -0.842. The molecule has 0 saturated carbocycles. The van der Waals surface area contributed by atoms with E-state index in [0.717, 1.165) is 0 Å². The molecular weight excluding hydrogens is 313 g/mol. The van der Waals surface area contributed by atoms with Crippen molar-refractivity contribution in [3.63, 3.8) is 0 Å². The fourth-order valence-corrected chi connectivity index (χ4v) is 2.67. The summed E-state index contributed by atoms with van der Waals surface area (Å²) in [5, 5.41) is 7.13. The fourth-order valence-electron chi connectivity index (χ4n) is 2.67. The number of halogens is 1. The van der Waals surface area contributed by atoms with Crippen molar-refractivity contribution in [2.24, 2.45) is 0 Å². The van der Waals surface area contributed by atoms with Crippen LogP contribution in [0, 0.1) is 0 Å². The molecule has 3 aromatic rings. The van der Waals surface area contributed by atoms with Gasteiger partial charge in [0.1, 0.15) is 18.3 Å². The molecule has 4 rings (SSSR count). The second-order valence-corrected chi connectivity index (χ2v) is 5.52. The van der Waals surface area contributed by atoms with Crippen molar-refractivity contribution in [3.05, 3.63) is 42.7 Å². The molecule has 1 aliphatic heterocycles. The number of hydrogen-bond donors (Lipinski definition) is 1. The minimum Gasteiger partial charge on any atom is -0.352 e. The van der Waals surface area contributed by atoms with Gasteiger partial charge >= 0.3 is 0 Å². The Kier molecular flexibility index (Phi) is 3.52. The van der Waals surface area contributed by atoms with Crippen LogP contribution in [-0.2, 0) is 0 Å². The summed E-state index contributed by atoms with van der Waals surface area (Å²) in [6.07, 6.45) is 5.48. The van der Waals surface area contributed by atoms with Crippen molar-refractivity contribution in [1.82, 2.24) is 24.6 Å². The number of carbonyl (C=O) groups excluding carboxylic acids is 1. The van der Waals surface area contributed by atoms with Crippen LogP contribution in [0.4, 0.5) is 15.9 Å². The predicted molar refractivity (Wildman–Crippen MR) is 84.7 cm³/mol. The zero-order chi connectivity index (χ0) is 16.5. The van der Waals surface area contributed by atoms with Crippen LogP contribution in [0.15, 0.2) is 37.1 Å². The molecule has 122 valence electrons. The summed E-state index contributed by atoms with van der Waals surface area (Å²) >= 11 is 0. The average molecular weight is 327 g/mol. The zero-order valence-electron chi connectivity index (χ0n) is 12.6. The number of aromatic nitrogens is 5. The van der Waals surface area contributed by atoms with Crippen LogP contribution in [0.25, 0.3) is 5.65 Å². The van der Waals surface area contributed by atoms with Crippen molar-refractivity contribution in [2.45, 2.75) is 12.6 Å². The quantitative estimate of drug-likeness (QED) is 0.780. The van der Waals surface area contributed by atoms with Gasteiger partial charge in [0.15, 0.2) is 11.3 Å². The largest absolute Gasteiger partial charge is 0.352 e. The molecular formula is C15H14FN7O. The SMILES string of the molecule is O=C(Nc1cncnc1)c1cnc2ccc(N3CC[C@H](F)C3)nn12. The molecule has 1 fully saturated rings. The van der Waals surface area contributed by atoms with E-state index in [1.807, 2.05) is 4.90 Å². The number of imidazole rings is 1. The number of alkyl halides is 1. The van der Waals surface area contributed by atoms with Crippen LogP contribution in [0.1, 0.15) is 16.9 Å². The summed E-state index contributed by atoms with van der Waals surface area (Å²) in [5.41, 5.74) is 1.31. The fraction of sp³-hybridized carbons (Fsp3) is 0.267. The second-order valence-electron chi connectivity index (χ2n) is 5.52. The molecule has 1 saturated heterocycles. The summed E-state index contributed by atoms with van der Waals surface area (Å²) in [6.45, 7) is 0.924. The van der Waals surface area contributed by atoms with E-state index < -0.39 is 6.17 Å². The summed E-state index contributed by atoms with van der Waals surface area (Å²) in [7, 11) is 0. The predicted octanol–water partition coefficient (Wildman–Crippen LogP) is 1.32. The normalized spacial score (nSPS) is 17.4.